The van der Waals surface area contributed by atoms with Crippen molar-refractivity contribution in [3.63, 3.8) is 0 Å². The number of ether oxygens (including phenoxy) is 12. The first-order valence-electron chi connectivity index (χ1n) is 27.8. The highest BCUT2D eigenvalue weighted by Gasteiger charge is 2.56. The summed E-state index contributed by atoms with van der Waals surface area (Å²) in [5, 5.41) is 131. The number of aliphatic hydroxyl groups is 12. The zero-order chi connectivity index (χ0) is 56.8. The molecule has 4 saturated carbocycles. The molecule has 26 nitrogen and oxygen atoms in total. The van der Waals surface area contributed by atoms with Gasteiger partial charge in [-0.15, -0.1) is 0 Å². The molecule has 0 spiro atoms. The van der Waals surface area contributed by atoms with Gasteiger partial charge >= 0.3 is 11.9 Å². The monoisotopic (exact) mass is 1140 g/mol. The predicted molar refractivity (Wildman–Crippen MR) is 264 cm³/mol. The Kier molecular flexibility index (Phi) is 22.5. The van der Waals surface area contributed by atoms with Crippen molar-refractivity contribution in [1.29, 1.82) is 0 Å². The van der Waals surface area contributed by atoms with Crippen molar-refractivity contribution in [2.75, 3.05) is 41.2 Å². The average Bonchev–Trinajstić information content (AvgIpc) is 3.53. The van der Waals surface area contributed by atoms with Gasteiger partial charge in [-0.1, -0.05) is 12.2 Å². The van der Waals surface area contributed by atoms with Crippen LogP contribution < -0.4 is 0 Å². The molecule has 0 amide bonds. The standard InChI is InChI=1S/C53H84O26/c1-68-33-14-23(4-11-29(33)57)5-12-39(59)71-22-38-44(64)46(66)50(79-52-49(41(61)30(58)21-72-52)78-40(60)13-6-24-15-34(69-2)42(62)35(16-24)70-3)53(77-38)75-36-19-28-31(73-48(36)25-7-9-26(55)10-8-25)17-27(56)18-32(28)74-51-47(67)45(65)43(63)37(20-54)76-51/h5-6,12-13,23-38,41-58,61-67H,4,7-11,14-22H2,1-3H3/t23?,24?,25?,26?,27?,28?,29?,30-,31?,32?,33?,34?,35?,36?,37-,38-,41+,42?,43-,44-,45+,46+,47-,48?,49-,50-,51-,52+,53-/m1/s1. The molecule has 452 valence electrons. The molecule has 0 aromatic rings. The summed E-state index contributed by atoms with van der Waals surface area (Å²) in [6, 6.07) is 0. The van der Waals surface area contributed by atoms with Crippen LogP contribution in [0, 0.1) is 23.7 Å². The molecule has 0 bridgehead atoms. The maximum Gasteiger partial charge on any atom is 0.330 e. The van der Waals surface area contributed by atoms with E-state index in [2.05, 4.69) is 0 Å². The van der Waals surface area contributed by atoms with E-state index >= 15 is 0 Å². The summed E-state index contributed by atoms with van der Waals surface area (Å²) >= 11 is 0. The molecule has 8 rings (SSSR count). The SMILES string of the molecule is COC1CC(C=CC(=O)OC[C@H]2O[C@@H](OC3CC4C(CC(O)CC4O[C@@H]4O[C@H](CO)[C@@H](O)[C@H](O)[C@H]4O)OC3C3CCC(O)CC3)[C@H](O[C@@H]3OC[C@@H](O)[C@H](O)[C@H]3OC(=O)C=CC3CC(OC)C(O)C(OC)C3)[C@@H](O)[C@@H]2O)CCC1O. The first kappa shape index (κ1) is 62.6. The van der Waals surface area contributed by atoms with Gasteiger partial charge in [0.1, 0.15) is 73.8 Å². The number of aliphatic hydroxyl groups excluding tert-OH is 12. The zero-order valence-electron chi connectivity index (χ0n) is 44.7. The summed E-state index contributed by atoms with van der Waals surface area (Å²) in [4.78, 5) is 26.7. The molecule has 26 heteroatoms. The Bertz CT molecular complexity index is 1960. The maximum absolute atomic E-state index is 13.5. The summed E-state index contributed by atoms with van der Waals surface area (Å²) in [5.41, 5.74) is 0. The van der Waals surface area contributed by atoms with E-state index in [0.717, 1.165) is 6.08 Å². The summed E-state index contributed by atoms with van der Waals surface area (Å²) in [7, 11) is 4.39. The molecule has 25 atom stereocenters. The third kappa shape index (κ3) is 15.1. The average molecular weight is 1140 g/mol. The number of hydrogen-bond acceptors (Lipinski definition) is 26. The number of carbonyl (C=O) groups excluding carboxylic acids is 2. The minimum atomic E-state index is -1.95. The quantitative estimate of drug-likeness (QED) is 0.0468. The van der Waals surface area contributed by atoms with E-state index in [1.165, 1.54) is 27.4 Å². The van der Waals surface area contributed by atoms with E-state index in [1.807, 2.05) is 0 Å². The number of fused-ring (bicyclic) bond motifs is 1. The van der Waals surface area contributed by atoms with E-state index in [9.17, 15) is 70.9 Å². The molecule has 0 radical (unpaired) electrons. The summed E-state index contributed by atoms with van der Waals surface area (Å²) < 4.78 is 71.9. The van der Waals surface area contributed by atoms with E-state index in [4.69, 9.17) is 56.8 Å². The van der Waals surface area contributed by atoms with Gasteiger partial charge in [-0.3, -0.25) is 0 Å². The van der Waals surface area contributed by atoms with Crippen LogP contribution in [-0.4, -0.2) is 268 Å². The van der Waals surface area contributed by atoms with Crippen LogP contribution in [0.5, 0.6) is 0 Å². The van der Waals surface area contributed by atoms with Gasteiger partial charge in [0.2, 0.25) is 0 Å². The molecule has 4 saturated heterocycles. The molecule has 0 aromatic carbocycles. The number of carbonyl (C=O) groups is 2. The third-order valence-corrected chi connectivity index (χ3v) is 17.4. The van der Waals surface area contributed by atoms with Gasteiger partial charge in [0, 0.05) is 45.8 Å². The van der Waals surface area contributed by atoms with Crippen molar-refractivity contribution in [2.45, 2.75) is 230 Å². The van der Waals surface area contributed by atoms with Gasteiger partial charge in [0.05, 0.1) is 74.3 Å². The fraction of sp³-hybridized carbons (Fsp3) is 0.887. The minimum Gasteiger partial charge on any atom is -0.460 e. The second-order valence-electron chi connectivity index (χ2n) is 22.6. The Labute approximate surface area is 458 Å². The van der Waals surface area contributed by atoms with Gasteiger partial charge in [-0.25, -0.2) is 9.59 Å². The molecule has 8 aliphatic rings. The summed E-state index contributed by atoms with van der Waals surface area (Å²) in [6.07, 6.45) is -22.1. The Morgan fingerprint density at radius 1 is 0.506 bits per heavy atom. The predicted octanol–water partition coefficient (Wildman–Crippen LogP) is -3.51. The Hall–Kier alpha value is -2.46. The van der Waals surface area contributed by atoms with Gasteiger partial charge < -0.3 is 118 Å². The van der Waals surface area contributed by atoms with Crippen LogP contribution in [0.1, 0.15) is 77.0 Å². The smallest absolute Gasteiger partial charge is 0.330 e. The van der Waals surface area contributed by atoms with Crippen molar-refractivity contribution in [2.24, 2.45) is 23.7 Å². The third-order valence-electron chi connectivity index (χ3n) is 17.4. The van der Waals surface area contributed by atoms with Crippen molar-refractivity contribution < 1.29 is 128 Å². The van der Waals surface area contributed by atoms with Gasteiger partial charge in [0.25, 0.3) is 0 Å². The lowest BCUT2D eigenvalue weighted by Crippen LogP contribution is -2.65. The molecule has 4 aliphatic heterocycles. The highest BCUT2D eigenvalue weighted by Crippen LogP contribution is 2.45. The lowest BCUT2D eigenvalue weighted by atomic mass is 9.73. The lowest BCUT2D eigenvalue weighted by molar-refractivity contribution is -0.373. The number of esters is 2. The van der Waals surface area contributed by atoms with Gasteiger partial charge in [-0.05, 0) is 88.4 Å². The largest absolute Gasteiger partial charge is 0.460 e. The number of allylic oxidation sites excluding steroid dienone is 2. The normalized spacial score (nSPS) is 48.1. The fourth-order valence-electron chi connectivity index (χ4n) is 12.7. The van der Waals surface area contributed by atoms with Gasteiger partial charge in [-0.2, -0.15) is 0 Å². The van der Waals surface area contributed by atoms with Crippen LogP contribution in [-0.2, 0) is 66.4 Å². The maximum atomic E-state index is 13.5. The number of hydrogen-bond donors (Lipinski definition) is 12. The minimum absolute atomic E-state index is 0.00565. The lowest BCUT2D eigenvalue weighted by Gasteiger charge is -2.52. The van der Waals surface area contributed by atoms with Crippen LogP contribution in [0.15, 0.2) is 24.3 Å². The molecular weight excluding hydrogens is 1050 g/mol. The van der Waals surface area contributed by atoms with E-state index < -0.39 is 191 Å². The highest BCUT2D eigenvalue weighted by atomic mass is 16.8. The van der Waals surface area contributed by atoms with E-state index in [-0.39, 0.29) is 37.0 Å². The Morgan fingerprint density at radius 3 is 1.82 bits per heavy atom. The van der Waals surface area contributed by atoms with Crippen molar-refractivity contribution >= 4 is 11.9 Å². The van der Waals surface area contributed by atoms with E-state index in [0.29, 0.717) is 57.8 Å². The Balaban J connectivity index is 1.05. The first-order valence-corrected chi connectivity index (χ1v) is 27.8. The molecule has 4 aliphatic carbocycles. The molecule has 0 aromatic heterocycles. The van der Waals surface area contributed by atoms with Crippen LogP contribution >= 0.6 is 0 Å². The molecular formula is C53H84O26. The topological polar surface area (TPSA) is 388 Å². The molecule has 4 heterocycles. The molecule has 8 fully saturated rings. The summed E-state index contributed by atoms with van der Waals surface area (Å²) in [6.45, 7) is -1.87. The molecule has 79 heavy (non-hydrogen) atoms. The summed E-state index contributed by atoms with van der Waals surface area (Å²) in [5.74, 6) is -3.10. The van der Waals surface area contributed by atoms with Crippen LogP contribution in [0.4, 0.5) is 0 Å². The van der Waals surface area contributed by atoms with Crippen molar-refractivity contribution in [3.05, 3.63) is 24.3 Å². The molecule has 11 unspecified atom stereocenters. The molecule has 12 N–H and O–H groups in total. The second kappa shape index (κ2) is 28.4. The van der Waals surface area contributed by atoms with Crippen LogP contribution in [0.2, 0.25) is 0 Å². The van der Waals surface area contributed by atoms with Crippen molar-refractivity contribution in [1.82, 2.24) is 0 Å². The van der Waals surface area contributed by atoms with Gasteiger partial charge in [0.15, 0.2) is 25.0 Å². The second-order valence-corrected chi connectivity index (χ2v) is 22.6. The van der Waals surface area contributed by atoms with Crippen molar-refractivity contribution in [3.8, 4) is 0 Å². The number of methoxy groups -OCH3 is 3. The van der Waals surface area contributed by atoms with E-state index in [1.54, 1.807) is 12.2 Å². The van der Waals surface area contributed by atoms with Crippen LogP contribution in [0.25, 0.3) is 0 Å². The number of rotatable bonds is 18. The van der Waals surface area contributed by atoms with Crippen LogP contribution in [0.3, 0.4) is 0 Å². The zero-order valence-corrected chi connectivity index (χ0v) is 44.7. The highest BCUT2D eigenvalue weighted by molar-refractivity contribution is 5.82. The first-order chi connectivity index (χ1) is 37.8. The Morgan fingerprint density at radius 2 is 1.14 bits per heavy atom. The fourth-order valence-corrected chi connectivity index (χ4v) is 12.7.